The second-order valence-electron chi connectivity index (χ2n) is 3.93. The fourth-order valence-electron chi connectivity index (χ4n) is 1.55. The molecule has 7 heteroatoms. The number of amides is 2. The number of thiazole rings is 1. The van der Waals surface area contributed by atoms with Crippen LogP contribution in [0.1, 0.15) is 23.1 Å². The molecule has 1 N–H and O–H groups in total. The fourth-order valence-corrected chi connectivity index (χ4v) is 3.04. The summed E-state index contributed by atoms with van der Waals surface area (Å²) in [6, 6.07) is 2.02. The average molecular weight is 296 g/mol. The van der Waals surface area contributed by atoms with Crippen LogP contribution in [0.3, 0.4) is 0 Å². The van der Waals surface area contributed by atoms with Crippen molar-refractivity contribution in [3.63, 3.8) is 0 Å². The number of aromatic nitrogens is 1. The summed E-state index contributed by atoms with van der Waals surface area (Å²) < 4.78 is 0. The molecule has 2 aromatic rings. The zero-order valence-corrected chi connectivity index (χ0v) is 11.8. The van der Waals surface area contributed by atoms with Crippen LogP contribution in [0.2, 0.25) is 0 Å². The van der Waals surface area contributed by atoms with Gasteiger partial charge in [0.25, 0.3) is 5.91 Å². The Morgan fingerprint density at radius 3 is 2.89 bits per heavy atom. The molecule has 0 aromatic carbocycles. The van der Waals surface area contributed by atoms with Crippen LogP contribution in [-0.4, -0.2) is 27.1 Å². The number of thiophene rings is 1. The predicted octanol–water partition coefficient (Wildman–Crippen LogP) is 2.10. The van der Waals surface area contributed by atoms with Crippen LogP contribution in [0.25, 0.3) is 0 Å². The van der Waals surface area contributed by atoms with Crippen LogP contribution in [0, 0.1) is 0 Å². The van der Waals surface area contributed by atoms with E-state index in [2.05, 4.69) is 4.98 Å². The minimum Gasteiger partial charge on any atom is -0.279 e. The zero-order valence-electron chi connectivity index (χ0n) is 10.2. The Hall–Kier alpha value is -1.57. The molecule has 0 saturated carbocycles. The molecule has 100 valence electrons. The van der Waals surface area contributed by atoms with Crippen LogP contribution in [-0.2, 0) is 22.4 Å². The molecule has 2 amide bonds. The van der Waals surface area contributed by atoms with Crippen molar-refractivity contribution in [2.45, 2.75) is 19.8 Å². The van der Waals surface area contributed by atoms with E-state index in [0.29, 0.717) is 12.1 Å². The molecule has 0 atom stereocenters. The molecule has 5 nitrogen and oxygen atoms in total. The Balaban J connectivity index is 2.07. The summed E-state index contributed by atoms with van der Waals surface area (Å²) in [7, 11) is 0. The standard InChI is InChI=1S/C12H12N2O3S2/c1-8(15)14(17)12(16)5-10-11(19-7-13-10)4-9-2-3-18-6-9/h2-3,6-7,17H,4-5H2,1H3. The van der Waals surface area contributed by atoms with Crippen molar-refractivity contribution in [3.05, 3.63) is 38.5 Å². The van der Waals surface area contributed by atoms with Crippen molar-refractivity contribution < 1.29 is 14.8 Å². The molecule has 19 heavy (non-hydrogen) atoms. The Labute approximate surface area is 118 Å². The Morgan fingerprint density at radius 1 is 1.47 bits per heavy atom. The molecule has 2 heterocycles. The number of hydrogen-bond donors (Lipinski definition) is 1. The molecule has 0 unspecified atom stereocenters. The molecule has 0 fully saturated rings. The van der Waals surface area contributed by atoms with Gasteiger partial charge >= 0.3 is 0 Å². The summed E-state index contributed by atoms with van der Waals surface area (Å²) in [5.74, 6) is -1.36. The van der Waals surface area contributed by atoms with Gasteiger partial charge in [-0.15, -0.1) is 11.3 Å². The largest absolute Gasteiger partial charge is 0.279 e. The maximum Gasteiger partial charge on any atom is 0.259 e. The summed E-state index contributed by atoms with van der Waals surface area (Å²) in [6.07, 6.45) is 0.640. The van der Waals surface area contributed by atoms with Crippen molar-refractivity contribution in [3.8, 4) is 0 Å². The van der Waals surface area contributed by atoms with Crippen LogP contribution >= 0.6 is 22.7 Å². The maximum absolute atomic E-state index is 11.6. The summed E-state index contributed by atoms with van der Waals surface area (Å²) in [4.78, 5) is 27.6. The van der Waals surface area contributed by atoms with E-state index in [0.717, 1.165) is 17.4 Å². The van der Waals surface area contributed by atoms with Gasteiger partial charge in [-0.1, -0.05) is 0 Å². The highest BCUT2D eigenvalue weighted by atomic mass is 32.1. The second kappa shape index (κ2) is 6.05. The Kier molecular flexibility index (Phi) is 4.41. The van der Waals surface area contributed by atoms with Crippen LogP contribution in [0.4, 0.5) is 0 Å². The lowest BCUT2D eigenvalue weighted by Crippen LogP contribution is -2.33. The lowest BCUT2D eigenvalue weighted by molar-refractivity contribution is -0.176. The number of carbonyl (C=O) groups is 2. The summed E-state index contributed by atoms with van der Waals surface area (Å²) in [6.45, 7) is 1.13. The number of hydrogen-bond acceptors (Lipinski definition) is 6. The lowest BCUT2D eigenvalue weighted by atomic mass is 10.1. The van der Waals surface area contributed by atoms with Crippen molar-refractivity contribution in [1.82, 2.24) is 10.0 Å². The van der Waals surface area contributed by atoms with E-state index in [4.69, 9.17) is 0 Å². The maximum atomic E-state index is 11.6. The molecule has 0 aliphatic heterocycles. The molecule has 0 aliphatic carbocycles. The third kappa shape index (κ3) is 3.46. The average Bonchev–Trinajstić information content (AvgIpc) is 3.01. The molecule has 0 saturated heterocycles. The van der Waals surface area contributed by atoms with Gasteiger partial charge in [0.05, 0.1) is 17.6 Å². The molecule has 0 radical (unpaired) electrons. The van der Waals surface area contributed by atoms with Gasteiger partial charge in [0.15, 0.2) is 0 Å². The number of rotatable bonds is 4. The zero-order chi connectivity index (χ0) is 13.8. The van der Waals surface area contributed by atoms with Crippen LogP contribution in [0.15, 0.2) is 22.3 Å². The molecule has 0 bridgehead atoms. The van der Waals surface area contributed by atoms with E-state index in [1.54, 1.807) is 16.8 Å². The number of carbonyl (C=O) groups excluding carboxylic acids is 2. The first-order valence-corrected chi connectivity index (χ1v) is 7.35. The Morgan fingerprint density at radius 2 is 2.26 bits per heavy atom. The minimum atomic E-state index is -0.695. The number of nitrogens with zero attached hydrogens (tertiary/aromatic N) is 2. The topological polar surface area (TPSA) is 70.5 Å². The van der Waals surface area contributed by atoms with Gasteiger partial charge in [-0.05, 0) is 22.4 Å². The van der Waals surface area contributed by atoms with Gasteiger partial charge < -0.3 is 0 Å². The van der Waals surface area contributed by atoms with E-state index in [1.165, 1.54) is 11.3 Å². The van der Waals surface area contributed by atoms with Crippen LogP contribution < -0.4 is 0 Å². The first-order valence-electron chi connectivity index (χ1n) is 5.52. The van der Waals surface area contributed by atoms with Gasteiger partial charge in [0, 0.05) is 18.2 Å². The molecule has 2 rings (SSSR count). The van der Waals surface area contributed by atoms with Gasteiger partial charge in [0.1, 0.15) is 0 Å². The molecule has 2 aromatic heterocycles. The van der Waals surface area contributed by atoms with E-state index < -0.39 is 11.8 Å². The quantitative estimate of drug-likeness (QED) is 0.693. The Bertz CT molecular complexity index is 578. The molecular formula is C12H12N2O3S2. The van der Waals surface area contributed by atoms with E-state index in [-0.39, 0.29) is 11.5 Å². The minimum absolute atomic E-state index is 0.0704. The number of imide groups is 1. The van der Waals surface area contributed by atoms with Crippen molar-refractivity contribution in [2.24, 2.45) is 0 Å². The fraction of sp³-hybridized carbons (Fsp3) is 0.250. The third-order valence-electron chi connectivity index (χ3n) is 2.52. The predicted molar refractivity (Wildman–Crippen MR) is 72.3 cm³/mol. The monoisotopic (exact) mass is 296 g/mol. The highest BCUT2D eigenvalue weighted by molar-refractivity contribution is 7.10. The van der Waals surface area contributed by atoms with Crippen molar-refractivity contribution in [2.75, 3.05) is 0 Å². The van der Waals surface area contributed by atoms with Crippen molar-refractivity contribution in [1.29, 1.82) is 0 Å². The number of hydroxylamine groups is 2. The normalized spacial score (nSPS) is 10.4. The highest BCUT2D eigenvalue weighted by Crippen LogP contribution is 2.20. The summed E-state index contributed by atoms with van der Waals surface area (Å²) >= 11 is 3.08. The van der Waals surface area contributed by atoms with Gasteiger partial charge in [0.2, 0.25) is 5.91 Å². The third-order valence-corrected chi connectivity index (χ3v) is 4.13. The summed E-state index contributed by atoms with van der Waals surface area (Å²) in [5, 5.41) is 13.4. The van der Waals surface area contributed by atoms with Crippen molar-refractivity contribution >= 4 is 34.5 Å². The van der Waals surface area contributed by atoms with E-state index >= 15 is 0 Å². The van der Waals surface area contributed by atoms with E-state index in [1.807, 2.05) is 16.8 Å². The second-order valence-corrected chi connectivity index (χ2v) is 5.65. The van der Waals surface area contributed by atoms with E-state index in [9.17, 15) is 14.8 Å². The SMILES string of the molecule is CC(=O)N(O)C(=O)Cc1ncsc1Cc1ccsc1. The lowest BCUT2D eigenvalue weighted by Gasteiger charge is -2.09. The van der Waals surface area contributed by atoms with Gasteiger partial charge in [-0.2, -0.15) is 16.4 Å². The molecular weight excluding hydrogens is 284 g/mol. The summed E-state index contributed by atoms with van der Waals surface area (Å²) in [5.41, 5.74) is 3.44. The van der Waals surface area contributed by atoms with Gasteiger partial charge in [-0.3, -0.25) is 14.8 Å². The highest BCUT2D eigenvalue weighted by Gasteiger charge is 2.19. The molecule has 0 aliphatic rings. The van der Waals surface area contributed by atoms with Crippen LogP contribution in [0.5, 0.6) is 0 Å². The molecule has 0 spiro atoms. The first kappa shape index (κ1) is 13.9. The van der Waals surface area contributed by atoms with Gasteiger partial charge in [-0.25, -0.2) is 4.98 Å². The first-order chi connectivity index (χ1) is 9.08. The smallest absolute Gasteiger partial charge is 0.259 e.